The van der Waals surface area contributed by atoms with Crippen molar-refractivity contribution in [2.24, 2.45) is 0 Å². The smallest absolute Gasteiger partial charge is 0.253 e. The predicted octanol–water partition coefficient (Wildman–Crippen LogP) is 4.68. The van der Waals surface area contributed by atoms with Crippen LogP contribution in [0.4, 0.5) is 4.39 Å². The van der Waals surface area contributed by atoms with Crippen molar-refractivity contribution in [1.82, 2.24) is 4.90 Å². The second-order valence-electron chi connectivity index (χ2n) is 5.18. The number of hydrogen-bond acceptors (Lipinski definition) is 1. The van der Waals surface area contributed by atoms with E-state index in [0.717, 1.165) is 16.5 Å². The molecule has 0 atom stereocenters. The number of carbonyl (C=O) groups excluding carboxylic acids is 1. The third-order valence-electron chi connectivity index (χ3n) is 3.43. The summed E-state index contributed by atoms with van der Waals surface area (Å²) in [6.07, 6.45) is 1.55. The van der Waals surface area contributed by atoms with Crippen LogP contribution in [0.2, 0.25) is 0 Å². The summed E-state index contributed by atoms with van der Waals surface area (Å²) in [6.45, 7) is 3.33. The first-order chi connectivity index (χ1) is 10.6. The van der Waals surface area contributed by atoms with Crippen molar-refractivity contribution in [1.29, 1.82) is 0 Å². The van der Waals surface area contributed by atoms with Crippen LogP contribution in [0, 0.1) is 5.82 Å². The Balaban J connectivity index is 2.05. The maximum Gasteiger partial charge on any atom is 0.253 e. The van der Waals surface area contributed by atoms with Crippen molar-refractivity contribution in [2.45, 2.75) is 19.8 Å². The van der Waals surface area contributed by atoms with Gasteiger partial charge in [-0.15, -0.1) is 0 Å². The molecule has 0 heterocycles. The Morgan fingerprint density at radius 1 is 1.14 bits per heavy atom. The van der Waals surface area contributed by atoms with Crippen LogP contribution < -0.4 is 0 Å². The summed E-state index contributed by atoms with van der Waals surface area (Å²) < 4.78 is 14.2. The summed E-state index contributed by atoms with van der Waals surface area (Å²) in [5.41, 5.74) is 1.58. The number of hydrogen-bond donors (Lipinski definition) is 0. The Bertz CT molecular complexity index is 627. The molecule has 0 aliphatic heterocycles. The number of nitrogens with zero attached hydrogens (tertiary/aromatic N) is 1. The molecule has 0 radical (unpaired) electrons. The first kappa shape index (κ1) is 16.7. The third-order valence-corrected chi connectivity index (χ3v) is 3.96. The van der Waals surface area contributed by atoms with Gasteiger partial charge in [-0.25, -0.2) is 4.39 Å². The van der Waals surface area contributed by atoms with Gasteiger partial charge in [-0.05, 0) is 54.8 Å². The van der Waals surface area contributed by atoms with E-state index in [4.69, 9.17) is 0 Å². The molecule has 4 heteroatoms. The van der Waals surface area contributed by atoms with E-state index in [-0.39, 0.29) is 11.7 Å². The van der Waals surface area contributed by atoms with Gasteiger partial charge in [0, 0.05) is 23.1 Å². The molecule has 0 saturated carbocycles. The molecular weight excluding hydrogens is 345 g/mol. The standard InChI is InChI=1S/C18H19BrFNO/c1-2-11-21(12-10-14-4-3-5-17(20)13-14)18(22)15-6-8-16(19)9-7-15/h3-9,13H,2,10-12H2,1H3. The second-order valence-corrected chi connectivity index (χ2v) is 6.09. The Morgan fingerprint density at radius 2 is 1.86 bits per heavy atom. The molecule has 116 valence electrons. The largest absolute Gasteiger partial charge is 0.338 e. The number of halogens is 2. The molecule has 2 aromatic rings. The number of amides is 1. The molecule has 0 aromatic heterocycles. The summed E-state index contributed by atoms with van der Waals surface area (Å²) in [7, 11) is 0. The zero-order valence-corrected chi connectivity index (χ0v) is 14.1. The molecule has 0 bridgehead atoms. The molecule has 0 saturated heterocycles. The van der Waals surface area contributed by atoms with Crippen LogP contribution >= 0.6 is 15.9 Å². The molecule has 2 nitrogen and oxygen atoms in total. The molecule has 0 unspecified atom stereocenters. The van der Waals surface area contributed by atoms with Crippen LogP contribution in [-0.4, -0.2) is 23.9 Å². The van der Waals surface area contributed by atoms with Gasteiger partial charge in [0.25, 0.3) is 5.91 Å². The van der Waals surface area contributed by atoms with E-state index in [1.165, 1.54) is 12.1 Å². The molecule has 0 aliphatic rings. The van der Waals surface area contributed by atoms with Gasteiger partial charge in [0.2, 0.25) is 0 Å². The van der Waals surface area contributed by atoms with Crippen molar-refractivity contribution in [3.05, 3.63) is 69.9 Å². The maximum atomic E-state index is 13.2. The highest BCUT2D eigenvalue weighted by Crippen LogP contribution is 2.13. The van der Waals surface area contributed by atoms with E-state index < -0.39 is 0 Å². The van der Waals surface area contributed by atoms with Gasteiger partial charge in [-0.1, -0.05) is 35.0 Å². The molecule has 0 spiro atoms. The highest BCUT2D eigenvalue weighted by molar-refractivity contribution is 9.10. The monoisotopic (exact) mass is 363 g/mol. The summed E-state index contributed by atoms with van der Waals surface area (Å²) in [5.74, 6) is -0.218. The van der Waals surface area contributed by atoms with E-state index in [2.05, 4.69) is 15.9 Å². The fraction of sp³-hybridized carbons (Fsp3) is 0.278. The molecule has 0 N–H and O–H groups in total. The van der Waals surface area contributed by atoms with Crippen LogP contribution in [-0.2, 0) is 6.42 Å². The number of carbonyl (C=O) groups is 1. The van der Waals surface area contributed by atoms with Crippen LogP contribution in [0.3, 0.4) is 0 Å². The Kier molecular flexibility index (Phi) is 6.13. The average Bonchev–Trinajstić information content (AvgIpc) is 2.51. The highest BCUT2D eigenvalue weighted by Gasteiger charge is 2.14. The zero-order chi connectivity index (χ0) is 15.9. The maximum absolute atomic E-state index is 13.2. The van der Waals surface area contributed by atoms with E-state index in [9.17, 15) is 9.18 Å². The molecule has 22 heavy (non-hydrogen) atoms. The molecule has 1 amide bonds. The Hall–Kier alpha value is -1.68. The normalized spacial score (nSPS) is 10.5. The summed E-state index contributed by atoms with van der Waals surface area (Å²) >= 11 is 3.37. The van der Waals surface area contributed by atoms with Gasteiger partial charge in [0.1, 0.15) is 5.82 Å². The summed E-state index contributed by atoms with van der Waals surface area (Å²) in [4.78, 5) is 14.4. The van der Waals surface area contributed by atoms with Gasteiger partial charge >= 0.3 is 0 Å². The fourth-order valence-electron chi connectivity index (χ4n) is 2.32. The van der Waals surface area contributed by atoms with E-state index in [0.29, 0.717) is 25.1 Å². The quantitative estimate of drug-likeness (QED) is 0.729. The van der Waals surface area contributed by atoms with E-state index >= 15 is 0 Å². The van der Waals surface area contributed by atoms with Crippen molar-refractivity contribution in [2.75, 3.05) is 13.1 Å². The van der Waals surface area contributed by atoms with Gasteiger partial charge in [-0.3, -0.25) is 4.79 Å². The van der Waals surface area contributed by atoms with Crippen LogP contribution in [0.15, 0.2) is 53.0 Å². The van der Waals surface area contributed by atoms with Crippen molar-refractivity contribution in [3.8, 4) is 0 Å². The van der Waals surface area contributed by atoms with E-state index in [1.54, 1.807) is 6.07 Å². The second kappa shape index (κ2) is 8.08. The molecule has 0 fully saturated rings. The van der Waals surface area contributed by atoms with E-state index in [1.807, 2.05) is 42.2 Å². The highest BCUT2D eigenvalue weighted by atomic mass is 79.9. The fourth-order valence-corrected chi connectivity index (χ4v) is 2.58. The predicted molar refractivity (Wildman–Crippen MR) is 90.4 cm³/mol. The van der Waals surface area contributed by atoms with Gasteiger partial charge in [0.05, 0.1) is 0 Å². The van der Waals surface area contributed by atoms with Crippen molar-refractivity contribution in [3.63, 3.8) is 0 Å². The lowest BCUT2D eigenvalue weighted by Crippen LogP contribution is -2.33. The van der Waals surface area contributed by atoms with Gasteiger partial charge < -0.3 is 4.90 Å². The van der Waals surface area contributed by atoms with Gasteiger partial charge in [0.15, 0.2) is 0 Å². The summed E-state index contributed by atoms with van der Waals surface area (Å²) in [5, 5.41) is 0. The molecular formula is C18H19BrFNO. The Labute approximate surface area is 139 Å². The molecule has 2 aromatic carbocycles. The first-order valence-corrected chi connectivity index (χ1v) is 8.18. The van der Waals surface area contributed by atoms with Crippen molar-refractivity contribution >= 4 is 21.8 Å². The summed E-state index contributed by atoms with van der Waals surface area (Å²) in [6, 6.07) is 13.9. The van der Waals surface area contributed by atoms with Gasteiger partial charge in [-0.2, -0.15) is 0 Å². The minimum atomic E-state index is -0.237. The van der Waals surface area contributed by atoms with Crippen LogP contribution in [0.25, 0.3) is 0 Å². The minimum Gasteiger partial charge on any atom is -0.338 e. The average molecular weight is 364 g/mol. The third kappa shape index (κ3) is 4.67. The van der Waals surface area contributed by atoms with Crippen LogP contribution in [0.5, 0.6) is 0 Å². The number of rotatable bonds is 6. The van der Waals surface area contributed by atoms with Crippen molar-refractivity contribution < 1.29 is 9.18 Å². The van der Waals surface area contributed by atoms with Crippen LogP contribution in [0.1, 0.15) is 29.3 Å². The number of benzene rings is 2. The zero-order valence-electron chi connectivity index (χ0n) is 12.6. The molecule has 2 rings (SSSR count). The Morgan fingerprint density at radius 3 is 2.50 bits per heavy atom. The SMILES string of the molecule is CCCN(CCc1cccc(F)c1)C(=O)c1ccc(Br)cc1. The lowest BCUT2D eigenvalue weighted by atomic mass is 10.1. The lowest BCUT2D eigenvalue weighted by molar-refractivity contribution is 0.0757. The topological polar surface area (TPSA) is 20.3 Å². The lowest BCUT2D eigenvalue weighted by Gasteiger charge is -2.22. The minimum absolute atomic E-state index is 0.0192. The first-order valence-electron chi connectivity index (χ1n) is 7.39. The molecule has 0 aliphatic carbocycles.